The van der Waals surface area contributed by atoms with Crippen LogP contribution in [0.1, 0.15) is 37.3 Å². The second-order valence-electron chi connectivity index (χ2n) is 12.8. The molecule has 3 aromatic rings. The number of rotatable bonds is 16. The van der Waals surface area contributed by atoms with Crippen molar-refractivity contribution in [1.82, 2.24) is 30.1 Å². The van der Waals surface area contributed by atoms with E-state index in [-0.39, 0.29) is 62.5 Å². The van der Waals surface area contributed by atoms with Crippen LogP contribution in [0.4, 0.5) is 0 Å². The summed E-state index contributed by atoms with van der Waals surface area (Å²) in [5, 5.41) is 21.3. The second-order valence-corrected chi connectivity index (χ2v) is 14.0. The van der Waals surface area contributed by atoms with E-state index in [1.165, 1.54) is 4.90 Å². The van der Waals surface area contributed by atoms with Gasteiger partial charge in [-0.15, -0.1) is 18.3 Å². The van der Waals surface area contributed by atoms with Crippen molar-refractivity contribution < 1.29 is 33.8 Å². The number of aromatic nitrogens is 3. The average molecular weight is 750 g/mol. The van der Waals surface area contributed by atoms with Crippen molar-refractivity contribution in [3.63, 3.8) is 0 Å². The monoisotopic (exact) mass is 748 g/mol. The van der Waals surface area contributed by atoms with E-state index >= 15 is 0 Å². The van der Waals surface area contributed by atoms with E-state index in [1.54, 1.807) is 21.7 Å². The molecule has 0 saturated carbocycles. The van der Waals surface area contributed by atoms with Crippen LogP contribution in [-0.4, -0.2) is 102 Å². The number of aliphatic hydroxyl groups excluding tert-OH is 1. The van der Waals surface area contributed by atoms with E-state index < -0.39 is 47.5 Å². The predicted molar refractivity (Wildman–Crippen MR) is 186 cm³/mol. The Morgan fingerprint density at radius 1 is 1.16 bits per heavy atom. The van der Waals surface area contributed by atoms with Crippen molar-refractivity contribution in [2.75, 3.05) is 26.3 Å². The third-order valence-corrected chi connectivity index (χ3v) is 10.6. The van der Waals surface area contributed by atoms with Crippen LogP contribution in [0.15, 0.2) is 79.9 Å². The Balaban J connectivity index is 1.30. The molecule has 264 valence electrons. The fourth-order valence-electron chi connectivity index (χ4n) is 7.56. The molecule has 3 saturated heterocycles. The molecule has 0 radical (unpaired) electrons. The van der Waals surface area contributed by atoms with Gasteiger partial charge in [-0.2, -0.15) is 0 Å². The largest absolute Gasteiger partial charge is 0.463 e. The number of esters is 1. The number of likely N-dealkylation sites (tertiary alicyclic amines) is 1. The topological polar surface area (TPSA) is 156 Å². The molecule has 1 unspecified atom stereocenters. The Morgan fingerprint density at radius 2 is 1.92 bits per heavy atom. The summed E-state index contributed by atoms with van der Waals surface area (Å²) in [6, 6.07) is 14.8. The number of carbonyl (C=O) groups is 4. The number of benzene rings is 2. The van der Waals surface area contributed by atoms with Crippen LogP contribution >= 0.6 is 15.9 Å². The molecule has 7 atom stereocenters. The zero-order valence-corrected chi connectivity index (χ0v) is 29.2. The maximum Gasteiger partial charge on any atom is 0.306 e. The van der Waals surface area contributed by atoms with Gasteiger partial charge in [0.2, 0.25) is 17.7 Å². The number of carbonyl (C=O) groups excluding carboxylic acids is 4. The van der Waals surface area contributed by atoms with Crippen LogP contribution in [0.2, 0.25) is 0 Å². The van der Waals surface area contributed by atoms with Gasteiger partial charge in [-0.3, -0.25) is 19.2 Å². The van der Waals surface area contributed by atoms with E-state index in [0.717, 1.165) is 11.1 Å². The number of hydrogen-bond acceptors (Lipinski definition) is 9. The van der Waals surface area contributed by atoms with Gasteiger partial charge in [0.05, 0.1) is 29.5 Å². The summed E-state index contributed by atoms with van der Waals surface area (Å²) < 4.78 is 13.8. The first-order valence-corrected chi connectivity index (χ1v) is 17.7. The highest BCUT2D eigenvalue weighted by molar-refractivity contribution is 9.09. The molecular weight excluding hydrogens is 708 g/mol. The normalized spacial score (nSPS) is 25.7. The van der Waals surface area contributed by atoms with Gasteiger partial charge in [0, 0.05) is 30.9 Å². The summed E-state index contributed by atoms with van der Waals surface area (Å²) in [5.41, 5.74) is 0.822. The van der Waals surface area contributed by atoms with E-state index in [9.17, 15) is 24.3 Å². The average Bonchev–Trinajstić information content (AvgIpc) is 3.85. The molecule has 2 N–H and O–H groups in total. The lowest BCUT2D eigenvalue weighted by atomic mass is 9.70. The summed E-state index contributed by atoms with van der Waals surface area (Å²) in [6.45, 7) is 7.49. The quantitative estimate of drug-likeness (QED) is 0.128. The molecular formula is C36H41BrN6O7. The minimum absolute atomic E-state index is 0.0417. The van der Waals surface area contributed by atoms with Gasteiger partial charge in [0.25, 0.3) is 0 Å². The van der Waals surface area contributed by atoms with Crippen molar-refractivity contribution in [3.8, 4) is 0 Å². The number of hydrogen-bond donors (Lipinski definition) is 2. The molecule has 3 fully saturated rings. The highest BCUT2D eigenvalue weighted by Crippen LogP contribution is 2.60. The first-order valence-electron chi connectivity index (χ1n) is 16.8. The van der Waals surface area contributed by atoms with Gasteiger partial charge in [-0.25, -0.2) is 4.68 Å². The van der Waals surface area contributed by atoms with E-state index in [4.69, 9.17) is 9.47 Å². The Labute approximate surface area is 298 Å². The lowest BCUT2D eigenvalue weighted by Crippen LogP contribution is -2.57. The van der Waals surface area contributed by atoms with Gasteiger partial charge in [-0.1, -0.05) is 75.8 Å². The third-order valence-electron chi connectivity index (χ3n) is 9.75. The highest BCUT2D eigenvalue weighted by atomic mass is 79.9. The molecule has 3 amide bonds. The van der Waals surface area contributed by atoms with Gasteiger partial charge in [0.1, 0.15) is 30.4 Å². The van der Waals surface area contributed by atoms with Crippen LogP contribution in [0.25, 0.3) is 11.0 Å². The Morgan fingerprint density at radius 3 is 2.66 bits per heavy atom. The smallest absolute Gasteiger partial charge is 0.306 e. The van der Waals surface area contributed by atoms with Gasteiger partial charge in [0.15, 0.2) is 0 Å². The molecule has 3 aliphatic heterocycles. The van der Waals surface area contributed by atoms with E-state index in [2.05, 4.69) is 44.7 Å². The number of amides is 3. The number of nitrogens with one attached hydrogen (secondary N) is 1. The maximum absolute atomic E-state index is 14.7. The molecule has 50 heavy (non-hydrogen) atoms. The van der Waals surface area contributed by atoms with Crippen molar-refractivity contribution >= 4 is 50.7 Å². The first-order chi connectivity index (χ1) is 24.2. The zero-order chi connectivity index (χ0) is 35.4. The van der Waals surface area contributed by atoms with Crippen molar-refractivity contribution in [3.05, 3.63) is 85.5 Å². The predicted octanol–water partition coefficient (Wildman–Crippen LogP) is 2.90. The molecule has 13 nitrogen and oxygen atoms in total. The highest BCUT2D eigenvalue weighted by Gasteiger charge is 2.76. The number of alkyl halides is 1. The summed E-state index contributed by atoms with van der Waals surface area (Å²) in [7, 11) is 0. The molecule has 4 heterocycles. The first kappa shape index (κ1) is 35.4. The molecule has 0 aliphatic carbocycles. The molecule has 14 heteroatoms. The number of fused-ring (bicyclic) bond motifs is 2. The van der Waals surface area contributed by atoms with Gasteiger partial charge in [-0.05, 0) is 37.0 Å². The molecule has 1 aromatic heterocycles. The lowest BCUT2D eigenvalue weighted by Gasteiger charge is -2.37. The number of halogens is 1. The third kappa shape index (κ3) is 6.59. The number of ether oxygens (including phenoxy) is 2. The molecule has 1 spiro atoms. The van der Waals surface area contributed by atoms with Crippen LogP contribution in [-0.2, 0) is 35.3 Å². The summed E-state index contributed by atoms with van der Waals surface area (Å²) >= 11 is 3.72. The SMILES string of the molecule is C=CCCC(=O)OC[C@H](NC(=O)[C@H]1[C@@H]2O[C@@]3(CC2Br)[C@@H]1C(=O)N(CCCO)[C@@H]3C(=O)N(CC=C)Cn1nnc2ccccc21)c1ccccc1. The van der Waals surface area contributed by atoms with Crippen molar-refractivity contribution in [1.29, 1.82) is 0 Å². The maximum atomic E-state index is 14.7. The van der Waals surface area contributed by atoms with Gasteiger partial charge >= 0.3 is 5.97 Å². The second kappa shape index (κ2) is 15.2. The Hall–Kier alpha value is -4.40. The Kier molecular flexibility index (Phi) is 10.8. The number of aliphatic hydroxyl groups is 1. The molecule has 2 aromatic carbocycles. The lowest BCUT2D eigenvalue weighted by molar-refractivity contribution is -0.149. The van der Waals surface area contributed by atoms with Crippen LogP contribution in [0, 0.1) is 11.8 Å². The van der Waals surface area contributed by atoms with Crippen molar-refractivity contribution in [2.45, 2.75) is 61.0 Å². The standard InChI is InChI=1S/C36H41BrN6O7/c1-3-5-16-28(45)49-21-26(23-12-7-6-8-13-23)38-33(46)29-30-34(47)42(18-11-19-44)32(36(30)20-24(37)31(29)50-36)35(48)41(17-4-2)22-43-27-15-10-9-14-25(27)39-40-43/h3-4,6-10,12-15,24,26,29-32,44H,1-2,5,11,16-22H2,(H,38,46)/t24?,26-,29+,30-,31+,32+,36-/m0/s1. The molecule has 3 aliphatic rings. The van der Waals surface area contributed by atoms with Crippen LogP contribution < -0.4 is 5.32 Å². The number of nitrogens with zero attached hydrogens (tertiary/aromatic N) is 5. The summed E-state index contributed by atoms with van der Waals surface area (Å²) in [6.07, 6.45) is 3.72. The van der Waals surface area contributed by atoms with Crippen molar-refractivity contribution in [2.24, 2.45) is 11.8 Å². The summed E-state index contributed by atoms with van der Waals surface area (Å²) in [5.74, 6) is -3.52. The fourth-order valence-corrected chi connectivity index (χ4v) is 8.51. The van der Waals surface area contributed by atoms with E-state index in [1.807, 2.05) is 54.6 Å². The van der Waals surface area contributed by atoms with E-state index in [0.29, 0.717) is 18.4 Å². The van der Waals surface area contributed by atoms with Gasteiger partial charge < -0.3 is 29.7 Å². The fraction of sp³-hybridized carbons (Fsp3) is 0.444. The summed E-state index contributed by atoms with van der Waals surface area (Å²) in [4.78, 5) is 58.6. The zero-order valence-electron chi connectivity index (χ0n) is 27.6. The number of para-hydroxylation sites is 1. The van der Waals surface area contributed by atoms with Crippen LogP contribution in [0.5, 0.6) is 0 Å². The minimum Gasteiger partial charge on any atom is -0.463 e. The number of allylic oxidation sites excluding steroid dienone is 1. The van der Waals surface area contributed by atoms with Crippen LogP contribution in [0.3, 0.4) is 0 Å². The Bertz CT molecular complexity index is 1750. The molecule has 6 rings (SSSR count). The minimum atomic E-state index is -1.31. The molecule has 2 bridgehead atoms.